The lowest BCUT2D eigenvalue weighted by molar-refractivity contribution is 0.161. The summed E-state index contributed by atoms with van der Waals surface area (Å²) in [4.78, 5) is 7.10. The largest absolute Gasteiger partial charge is 0.370 e. The van der Waals surface area contributed by atoms with E-state index in [0.29, 0.717) is 12.0 Å². The molecule has 1 aromatic rings. The Labute approximate surface area is 156 Å². The number of nitrogens with zero attached hydrogens (tertiary/aromatic N) is 2. The Morgan fingerprint density at radius 1 is 1.26 bits per heavy atom. The van der Waals surface area contributed by atoms with E-state index in [1.165, 1.54) is 56.2 Å². The van der Waals surface area contributed by atoms with Gasteiger partial charge in [0.05, 0.1) is 6.54 Å². The second kappa shape index (κ2) is 8.87. The van der Waals surface area contributed by atoms with Gasteiger partial charge in [0, 0.05) is 11.7 Å². The number of hydrogen-bond acceptors (Lipinski definition) is 2. The highest BCUT2D eigenvalue weighted by Gasteiger charge is 2.20. The number of fused-ring (bicyclic) bond motifs is 1. The molecule has 5 heteroatoms. The van der Waals surface area contributed by atoms with Crippen molar-refractivity contribution in [2.45, 2.75) is 51.5 Å². The number of piperidine rings is 1. The molecule has 1 saturated heterocycles. The van der Waals surface area contributed by atoms with Crippen LogP contribution in [0.3, 0.4) is 0 Å². The Balaban J connectivity index is 0.00000192. The van der Waals surface area contributed by atoms with Gasteiger partial charge in [-0.3, -0.25) is 9.89 Å². The van der Waals surface area contributed by atoms with Crippen LogP contribution in [0, 0.1) is 0 Å². The van der Waals surface area contributed by atoms with E-state index in [2.05, 4.69) is 40.3 Å². The molecule has 1 aromatic carbocycles. The molecule has 0 bridgehead atoms. The summed E-state index contributed by atoms with van der Waals surface area (Å²) in [5, 5.41) is 3.25. The topological polar surface area (TPSA) is 53.6 Å². The Morgan fingerprint density at radius 2 is 2.09 bits per heavy atom. The van der Waals surface area contributed by atoms with Gasteiger partial charge in [0.1, 0.15) is 0 Å². The number of hydrogen-bond donors (Lipinski definition) is 2. The first-order valence-corrected chi connectivity index (χ1v) is 8.69. The van der Waals surface area contributed by atoms with E-state index in [4.69, 9.17) is 5.73 Å². The average Bonchev–Trinajstić information content (AvgIpc) is 3.01. The first-order chi connectivity index (χ1) is 10.8. The number of nitrogens with one attached hydrogen (secondary N) is 1. The second-order valence-corrected chi connectivity index (χ2v) is 6.47. The zero-order valence-electron chi connectivity index (χ0n) is 14.1. The van der Waals surface area contributed by atoms with Crippen LogP contribution >= 0.6 is 24.0 Å². The minimum Gasteiger partial charge on any atom is -0.370 e. The summed E-state index contributed by atoms with van der Waals surface area (Å²) < 4.78 is 0. The van der Waals surface area contributed by atoms with Gasteiger partial charge in [0.2, 0.25) is 0 Å². The third kappa shape index (κ3) is 4.83. The van der Waals surface area contributed by atoms with Gasteiger partial charge in [-0.05, 0) is 68.5 Å². The number of aliphatic imine (C=N–C) groups is 1. The third-order valence-corrected chi connectivity index (χ3v) is 5.00. The van der Waals surface area contributed by atoms with Crippen molar-refractivity contribution in [1.82, 2.24) is 4.90 Å². The summed E-state index contributed by atoms with van der Waals surface area (Å²) in [7, 11) is 0. The highest BCUT2D eigenvalue weighted by atomic mass is 127. The maximum Gasteiger partial charge on any atom is 0.193 e. The molecular formula is C18H29IN4. The lowest BCUT2D eigenvalue weighted by Gasteiger charge is -2.33. The molecule has 4 nitrogen and oxygen atoms in total. The number of benzene rings is 1. The van der Waals surface area contributed by atoms with E-state index in [9.17, 15) is 0 Å². The quantitative estimate of drug-likeness (QED) is 0.439. The van der Waals surface area contributed by atoms with Gasteiger partial charge >= 0.3 is 0 Å². The van der Waals surface area contributed by atoms with E-state index in [0.717, 1.165) is 18.8 Å². The lowest BCUT2D eigenvalue weighted by Crippen LogP contribution is -2.41. The van der Waals surface area contributed by atoms with Gasteiger partial charge in [0.15, 0.2) is 5.96 Å². The molecule has 1 aliphatic carbocycles. The number of rotatable bonds is 4. The summed E-state index contributed by atoms with van der Waals surface area (Å²) in [6.07, 6.45) is 7.55. The summed E-state index contributed by atoms with van der Waals surface area (Å²) in [5.74, 6) is 0.541. The highest BCUT2D eigenvalue weighted by Crippen LogP contribution is 2.24. The number of nitrogens with two attached hydrogens (primary N) is 1. The maximum atomic E-state index is 6.08. The highest BCUT2D eigenvalue weighted by molar-refractivity contribution is 14.0. The Kier molecular flexibility index (Phi) is 7.14. The summed E-state index contributed by atoms with van der Waals surface area (Å²) in [5.41, 5.74) is 10.1. The molecule has 0 aromatic heterocycles. The van der Waals surface area contributed by atoms with Crippen molar-refractivity contribution in [2.24, 2.45) is 10.7 Å². The molecule has 3 N–H and O–H groups in total. The van der Waals surface area contributed by atoms with Gasteiger partial charge in [-0.25, -0.2) is 0 Å². The van der Waals surface area contributed by atoms with Crippen LogP contribution in [-0.4, -0.2) is 36.5 Å². The molecule has 1 fully saturated rings. The van der Waals surface area contributed by atoms with Crippen molar-refractivity contribution in [3.8, 4) is 0 Å². The minimum absolute atomic E-state index is 0. The van der Waals surface area contributed by atoms with Crippen molar-refractivity contribution in [2.75, 3.05) is 25.0 Å². The van der Waals surface area contributed by atoms with Crippen LogP contribution < -0.4 is 11.1 Å². The molecule has 2 aliphatic rings. The van der Waals surface area contributed by atoms with Crippen LogP contribution in [0.5, 0.6) is 0 Å². The van der Waals surface area contributed by atoms with Crippen LogP contribution in [0.1, 0.15) is 43.7 Å². The molecule has 23 heavy (non-hydrogen) atoms. The van der Waals surface area contributed by atoms with E-state index >= 15 is 0 Å². The van der Waals surface area contributed by atoms with Crippen molar-refractivity contribution >= 4 is 35.6 Å². The van der Waals surface area contributed by atoms with Gasteiger partial charge in [0.25, 0.3) is 0 Å². The van der Waals surface area contributed by atoms with Crippen LogP contribution in [0.2, 0.25) is 0 Å². The number of likely N-dealkylation sites (N-methyl/N-ethyl adjacent to an activating group) is 1. The summed E-state index contributed by atoms with van der Waals surface area (Å²) >= 11 is 0. The van der Waals surface area contributed by atoms with Crippen LogP contribution in [-0.2, 0) is 12.8 Å². The Morgan fingerprint density at radius 3 is 2.91 bits per heavy atom. The van der Waals surface area contributed by atoms with Crippen LogP contribution in [0.4, 0.5) is 5.69 Å². The van der Waals surface area contributed by atoms with E-state index in [1.807, 2.05) is 0 Å². The second-order valence-electron chi connectivity index (χ2n) is 6.47. The predicted molar refractivity (Wildman–Crippen MR) is 109 cm³/mol. The first-order valence-electron chi connectivity index (χ1n) is 8.69. The van der Waals surface area contributed by atoms with Gasteiger partial charge in [-0.2, -0.15) is 0 Å². The first kappa shape index (κ1) is 18.5. The van der Waals surface area contributed by atoms with Crippen LogP contribution in [0.25, 0.3) is 0 Å². The molecule has 0 radical (unpaired) electrons. The van der Waals surface area contributed by atoms with Gasteiger partial charge < -0.3 is 11.1 Å². The fraction of sp³-hybridized carbons (Fsp3) is 0.611. The van der Waals surface area contributed by atoms with Gasteiger partial charge in [-0.15, -0.1) is 24.0 Å². The minimum atomic E-state index is 0. The monoisotopic (exact) mass is 428 g/mol. The third-order valence-electron chi connectivity index (χ3n) is 5.00. The molecule has 1 unspecified atom stereocenters. The molecule has 128 valence electrons. The number of halogens is 1. The molecule has 0 saturated carbocycles. The number of likely N-dealkylation sites (tertiary alicyclic amines) is 1. The van der Waals surface area contributed by atoms with E-state index < -0.39 is 0 Å². The maximum absolute atomic E-state index is 6.08. The van der Waals surface area contributed by atoms with Crippen molar-refractivity contribution < 1.29 is 0 Å². The van der Waals surface area contributed by atoms with E-state index in [-0.39, 0.29) is 24.0 Å². The molecule has 1 atom stereocenters. The Bertz CT molecular complexity index is 544. The number of aryl methyl sites for hydroxylation is 2. The normalized spacial score (nSPS) is 21.6. The summed E-state index contributed by atoms with van der Waals surface area (Å²) in [6, 6.07) is 7.12. The van der Waals surface area contributed by atoms with Crippen molar-refractivity contribution in [1.29, 1.82) is 0 Å². The fourth-order valence-corrected chi connectivity index (χ4v) is 3.72. The Hall–Kier alpha value is -0.820. The van der Waals surface area contributed by atoms with Crippen molar-refractivity contribution in [3.05, 3.63) is 29.3 Å². The zero-order valence-corrected chi connectivity index (χ0v) is 16.4. The summed E-state index contributed by atoms with van der Waals surface area (Å²) in [6.45, 7) is 5.35. The number of guanidine groups is 1. The van der Waals surface area contributed by atoms with Crippen LogP contribution in [0.15, 0.2) is 23.2 Å². The van der Waals surface area contributed by atoms with Gasteiger partial charge in [-0.1, -0.05) is 19.4 Å². The SMILES string of the molecule is CCN1CCCCC1CN=C(N)Nc1ccc2c(c1)CCC2.I. The smallest absolute Gasteiger partial charge is 0.193 e. The molecule has 1 aliphatic heterocycles. The van der Waals surface area contributed by atoms with E-state index in [1.54, 1.807) is 0 Å². The fourth-order valence-electron chi connectivity index (χ4n) is 3.72. The average molecular weight is 428 g/mol. The lowest BCUT2D eigenvalue weighted by atomic mass is 10.0. The zero-order chi connectivity index (χ0) is 15.4. The molecule has 0 amide bonds. The number of anilines is 1. The molecular weight excluding hydrogens is 399 g/mol. The molecule has 0 spiro atoms. The van der Waals surface area contributed by atoms with Crippen molar-refractivity contribution in [3.63, 3.8) is 0 Å². The molecule has 3 rings (SSSR count). The molecule has 1 heterocycles. The predicted octanol–water partition coefficient (Wildman–Crippen LogP) is 3.39. The standard InChI is InChI=1S/C18H28N4.HI/c1-2-22-11-4-3-8-17(22)13-20-18(19)21-16-10-9-14-6-5-7-15(14)12-16;/h9-10,12,17H,2-8,11,13H2,1H3,(H3,19,20,21);1H.